The van der Waals surface area contributed by atoms with Gasteiger partial charge in [0.25, 0.3) is 0 Å². The minimum Gasteiger partial charge on any atom is -0.348 e. The summed E-state index contributed by atoms with van der Waals surface area (Å²) in [4.78, 5) is 7.45. The topological polar surface area (TPSA) is 53.5 Å². The SMILES string of the molecule is Cl.O=S(=O)(c1ccc(-c2csc(N3CCCC3)n2)cc1)N1CCCCCC1. The monoisotopic (exact) mass is 427 g/mol. The van der Waals surface area contributed by atoms with Crippen LogP contribution in [0.15, 0.2) is 34.5 Å². The average molecular weight is 428 g/mol. The lowest BCUT2D eigenvalue weighted by molar-refractivity contribution is 0.424. The van der Waals surface area contributed by atoms with Gasteiger partial charge in [-0.2, -0.15) is 4.31 Å². The average Bonchev–Trinajstić information content (AvgIpc) is 3.28. The van der Waals surface area contributed by atoms with E-state index in [-0.39, 0.29) is 12.4 Å². The lowest BCUT2D eigenvalue weighted by Gasteiger charge is -2.20. The van der Waals surface area contributed by atoms with Crippen LogP contribution < -0.4 is 4.90 Å². The fourth-order valence-electron chi connectivity index (χ4n) is 3.68. The van der Waals surface area contributed by atoms with Gasteiger partial charge in [0.2, 0.25) is 10.0 Å². The lowest BCUT2D eigenvalue weighted by atomic mass is 10.2. The number of hydrogen-bond donors (Lipinski definition) is 0. The largest absolute Gasteiger partial charge is 0.348 e. The molecular weight excluding hydrogens is 402 g/mol. The van der Waals surface area contributed by atoms with Crippen LogP contribution in [-0.2, 0) is 10.0 Å². The van der Waals surface area contributed by atoms with E-state index in [0.717, 1.165) is 55.2 Å². The molecule has 2 fully saturated rings. The second-order valence-electron chi connectivity index (χ2n) is 7.05. The predicted octanol–water partition coefficient (Wildman–Crippen LogP) is 4.40. The number of anilines is 1. The Labute approximate surface area is 171 Å². The molecule has 2 aliphatic heterocycles. The van der Waals surface area contributed by atoms with Crippen LogP contribution in [0.3, 0.4) is 0 Å². The highest BCUT2D eigenvalue weighted by Crippen LogP contribution is 2.30. The van der Waals surface area contributed by atoms with Crippen LogP contribution in [0.5, 0.6) is 0 Å². The normalized spacial score (nSPS) is 18.9. The number of rotatable bonds is 4. The molecule has 0 radical (unpaired) electrons. The van der Waals surface area contributed by atoms with Crippen LogP contribution in [0.2, 0.25) is 0 Å². The standard InChI is InChI=1S/C19H25N3O2S2.ClH/c23-26(24,22-13-3-1-2-4-14-22)17-9-7-16(8-10-17)18-15-25-19(20-18)21-11-5-6-12-21;/h7-10,15H,1-6,11-14H2;1H. The maximum atomic E-state index is 12.9. The molecular formula is C19H26ClN3O2S2. The molecule has 0 unspecified atom stereocenters. The van der Waals surface area contributed by atoms with Crippen molar-refractivity contribution in [3.8, 4) is 11.3 Å². The molecule has 1 aromatic carbocycles. The Kier molecular flexibility index (Phi) is 6.78. The maximum absolute atomic E-state index is 12.9. The molecule has 2 aliphatic rings. The number of aromatic nitrogens is 1. The third-order valence-corrected chi connectivity index (χ3v) is 8.04. The molecule has 2 aromatic rings. The van der Waals surface area contributed by atoms with Gasteiger partial charge in [0.05, 0.1) is 10.6 Å². The van der Waals surface area contributed by atoms with Gasteiger partial charge in [0, 0.05) is 37.1 Å². The number of hydrogen-bond acceptors (Lipinski definition) is 5. The molecule has 3 heterocycles. The van der Waals surface area contributed by atoms with Crippen molar-refractivity contribution in [2.24, 2.45) is 0 Å². The predicted molar refractivity (Wildman–Crippen MR) is 113 cm³/mol. The summed E-state index contributed by atoms with van der Waals surface area (Å²) >= 11 is 1.66. The summed E-state index contributed by atoms with van der Waals surface area (Å²) in [6, 6.07) is 7.22. The molecule has 1 aromatic heterocycles. The first-order valence-corrected chi connectivity index (χ1v) is 11.8. The van der Waals surface area contributed by atoms with Gasteiger partial charge in [-0.1, -0.05) is 25.0 Å². The van der Waals surface area contributed by atoms with Gasteiger partial charge in [-0.15, -0.1) is 23.7 Å². The van der Waals surface area contributed by atoms with Crippen molar-refractivity contribution in [2.45, 2.75) is 43.4 Å². The Morgan fingerprint density at radius 1 is 0.852 bits per heavy atom. The number of nitrogens with zero attached hydrogens (tertiary/aromatic N) is 3. The molecule has 5 nitrogen and oxygen atoms in total. The number of benzene rings is 1. The molecule has 27 heavy (non-hydrogen) atoms. The first-order chi connectivity index (χ1) is 12.6. The van der Waals surface area contributed by atoms with Crippen molar-refractivity contribution in [1.82, 2.24) is 9.29 Å². The molecule has 148 valence electrons. The van der Waals surface area contributed by atoms with Gasteiger partial charge in [0.15, 0.2) is 5.13 Å². The van der Waals surface area contributed by atoms with Gasteiger partial charge in [-0.3, -0.25) is 0 Å². The summed E-state index contributed by atoms with van der Waals surface area (Å²) in [5, 5.41) is 3.13. The van der Waals surface area contributed by atoms with E-state index in [1.165, 1.54) is 12.8 Å². The Bertz CT molecular complexity index is 838. The van der Waals surface area contributed by atoms with Crippen molar-refractivity contribution in [1.29, 1.82) is 0 Å². The first kappa shape index (κ1) is 20.6. The van der Waals surface area contributed by atoms with Gasteiger partial charge >= 0.3 is 0 Å². The molecule has 0 atom stereocenters. The van der Waals surface area contributed by atoms with E-state index in [4.69, 9.17) is 4.98 Å². The van der Waals surface area contributed by atoms with Gasteiger partial charge < -0.3 is 4.90 Å². The van der Waals surface area contributed by atoms with Crippen LogP contribution in [-0.4, -0.2) is 43.9 Å². The summed E-state index contributed by atoms with van der Waals surface area (Å²) in [6.07, 6.45) is 6.61. The van der Waals surface area contributed by atoms with Crippen molar-refractivity contribution >= 4 is 38.9 Å². The maximum Gasteiger partial charge on any atom is 0.243 e. The Morgan fingerprint density at radius 2 is 1.44 bits per heavy atom. The van der Waals surface area contributed by atoms with E-state index >= 15 is 0 Å². The molecule has 0 saturated carbocycles. The quantitative estimate of drug-likeness (QED) is 0.725. The zero-order valence-corrected chi connectivity index (χ0v) is 17.8. The second kappa shape index (κ2) is 8.90. The molecule has 0 N–H and O–H groups in total. The van der Waals surface area contributed by atoms with E-state index in [1.807, 2.05) is 12.1 Å². The third-order valence-electron chi connectivity index (χ3n) is 5.22. The minimum atomic E-state index is -3.38. The smallest absolute Gasteiger partial charge is 0.243 e. The lowest BCUT2D eigenvalue weighted by Crippen LogP contribution is -2.31. The van der Waals surface area contributed by atoms with Gasteiger partial charge in [-0.25, -0.2) is 13.4 Å². The van der Waals surface area contributed by atoms with Crippen molar-refractivity contribution < 1.29 is 8.42 Å². The molecule has 0 bridgehead atoms. The number of sulfonamides is 1. The molecule has 4 rings (SSSR count). The van der Waals surface area contributed by atoms with Gasteiger partial charge in [-0.05, 0) is 37.8 Å². The zero-order valence-electron chi connectivity index (χ0n) is 15.3. The molecule has 0 aliphatic carbocycles. The Hall–Kier alpha value is -1.15. The van der Waals surface area contributed by atoms with E-state index in [9.17, 15) is 8.42 Å². The van der Waals surface area contributed by atoms with E-state index < -0.39 is 10.0 Å². The highest BCUT2D eigenvalue weighted by Gasteiger charge is 2.25. The molecule has 0 amide bonds. The van der Waals surface area contributed by atoms with E-state index in [2.05, 4.69) is 10.3 Å². The summed E-state index contributed by atoms with van der Waals surface area (Å²) in [7, 11) is -3.38. The Morgan fingerprint density at radius 3 is 2.07 bits per heavy atom. The van der Waals surface area contributed by atoms with Crippen LogP contribution in [0, 0.1) is 0 Å². The summed E-state index contributed by atoms with van der Waals surface area (Å²) < 4.78 is 27.4. The fraction of sp³-hybridized carbons (Fsp3) is 0.526. The van der Waals surface area contributed by atoms with Crippen molar-refractivity contribution in [3.05, 3.63) is 29.6 Å². The first-order valence-electron chi connectivity index (χ1n) is 9.46. The van der Waals surface area contributed by atoms with E-state index in [0.29, 0.717) is 18.0 Å². The summed E-state index contributed by atoms with van der Waals surface area (Å²) in [5.41, 5.74) is 1.90. The van der Waals surface area contributed by atoms with Crippen molar-refractivity contribution in [2.75, 3.05) is 31.1 Å². The zero-order chi connectivity index (χ0) is 18.0. The highest BCUT2D eigenvalue weighted by molar-refractivity contribution is 7.89. The molecule has 0 spiro atoms. The number of halogens is 1. The van der Waals surface area contributed by atoms with Crippen molar-refractivity contribution in [3.63, 3.8) is 0 Å². The van der Waals surface area contributed by atoms with Crippen LogP contribution in [0.4, 0.5) is 5.13 Å². The second-order valence-corrected chi connectivity index (χ2v) is 9.83. The number of thiazole rings is 1. The summed E-state index contributed by atoms with van der Waals surface area (Å²) in [6.45, 7) is 3.44. The fourth-order valence-corrected chi connectivity index (χ4v) is 6.08. The van der Waals surface area contributed by atoms with Gasteiger partial charge in [0.1, 0.15) is 0 Å². The highest BCUT2D eigenvalue weighted by atomic mass is 35.5. The van der Waals surface area contributed by atoms with Crippen LogP contribution >= 0.6 is 23.7 Å². The summed E-state index contributed by atoms with van der Waals surface area (Å²) in [5.74, 6) is 0. The van der Waals surface area contributed by atoms with Crippen LogP contribution in [0.1, 0.15) is 38.5 Å². The molecule has 2 saturated heterocycles. The van der Waals surface area contributed by atoms with E-state index in [1.54, 1.807) is 27.8 Å². The third kappa shape index (κ3) is 4.47. The molecule has 8 heteroatoms. The Balaban J connectivity index is 0.00000210. The van der Waals surface area contributed by atoms with Crippen LogP contribution in [0.25, 0.3) is 11.3 Å². The minimum absolute atomic E-state index is 0.